The van der Waals surface area contributed by atoms with Gasteiger partial charge in [-0.1, -0.05) is 26.2 Å². The number of hydrogen-bond acceptors (Lipinski definition) is 4. The molecule has 0 radical (unpaired) electrons. The second-order valence-electron chi connectivity index (χ2n) is 6.04. The Bertz CT molecular complexity index is 566. The molecule has 120 valence electrons. The molecule has 6 heteroatoms. The number of nitrogens with one attached hydrogen (secondary N) is 2. The van der Waals surface area contributed by atoms with Crippen molar-refractivity contribution in [2.24, 2.45) is 11.8 Å². The van der Waals surface area contributed by atoms with Gasteiger partial charge >= 0.3 is 0 Å². The van der Waals surface area contributed by atoms with Crippen molar-refractivity contribution in [1.82, 2.24) is 10.0 Å². The van der Waals surface area contributed by atoms with Crippen molar-refractivity contribution in [3.05, 3.63) is 15.8 Å². The first-order valence-corrected chi connectivity index (χ1v) is 9.97. The predicted molar refractivity (Wildman–Crippen MR) is 88.1 cm³/mol. The molecule has 0 aromatic carbocycles. The van der Waals surface area contributed by atoms with Crippen LogP contribution in [-0.4, -0.2) is 22.0 Å². The van der Waals surface area contributed by atoms with Gasteiger partial charge in [-0.05, 0) is 38.3 Å². The summed E-state index contributed by atoms with van der Waals surface area (Å²) >= 11 is 1.55. The average Bonchev–Trinajstić information content (AvgIpc) is 2.80. The first-order chi connectivity index (χ1) is 9.94. The predicted octanol–water partition coefficient (Wildman–Crippen LogP) is 2.88. The Balaban J connectivity index is 2.04. The minimum Gasteiger partial charge on any atom is -0.315 e. The van der Waals surface area contributed by atoms with E-state index >= 15 is 0 Å². The molecule has 1 fully saturated rings. The van der Waals surface area contributed by atoms with Gasteiger partial charge in [0.1, 0.15) is 0 Å². The molecule has 2 unspecified atom stereocenters. The van der Waals surface area contributed by atoms with E-state index in [4.69, 9.17) is 0 Å². The zero-order chi connectivity index (χ0) is 15.5. The van der Waals surface area contributed by atoms with Crippen LogP contribution in [0.2, 0.25) is 0 Å². The molecule has 1 heterocycles. The summed E-state index contributed by atoms with van der Waals surface area (Å²) in [7, 11) is -1.51. The molecule has 2 N–H and O–H groups in total. The molecule has 4 nitrogen and oxygen atoms in total. The Labute approximate surface area is 132 Å². The lowest BCUT2D eigenvalue weighted by Gasteiger charge is -2.28. The molecule has 2 rings (SSSR count). The molecular weight excluding hydrogens is 304 g/mol. The first-order valence-electron chi connectivity index (χ1n) is 7.67. The van der Waals surface area contributed by atoms with Crippen LogP contribution in [0.15, 0.2) is 11.0 Å². The van der Waals surface area contributed by atoms with Crippen molar-refractivity contribution in [3.8, 4) is 0 Å². The highest BCUT2D eigenvalue weighted by atomic mass is 32.2. The largest absolute Gasteiger partial charge is 0.315 e. The van der Waals surface area contributed by atoms with Crippen LogP contribution in [0, 0.1) is 18.8 Å². The van der Waals surface area contributed by atoms with Crippen LogP contribution in [0.5, 0.6) is 0 Å². The van der Waals surface area contributed by atoms with Crippen molar-refractivity contribution < 1.29 is 8.42 Å². The van der Waals surface area contributed by atoms with Crippen LogP contribution < -0.4 is 10.0 Å². The van der Waals surface area contributed by atoms with Gasteiger partial charge in [0.25, 0.3) is 0 Å². The van der Waals surface area contributed by atoms with Crippen molar-refractivity contribution in [2.45, 2.75) is 51.0 Å². The minimum absolute atomic E-state index is 0.446. The second-order valence-corrected chi connectivity index (χ2v) is 9.11. The van der Waals surface area contributed by atoms with E-state index in [1.54, 1.807) is 17.4 Å². The molecule has 0 spiro atoms. The summed E-state index contributed by atoms with van der Waals surface area (Å²) in [5, 5.41) is 3.06. The van der Waals surface area contributed by atoms with Crippen LogP contribution in [0.4, 0.5) is 0 Å². The van der Waals surface area contributed by atoms with Crippen LogP contribution in [0.25, 0.3) is 0 Å². The lowest BCUT2D eigenvalue weighted by molar-refractivity contribution is 0.257. The highest BCUT2D eigenvalue weighted by Crippen LogP contribution is 2.30. The summed E-state index contributed by atoms with van der Waals surface area (Å²) in [6.07, 6.45) is 4.86. The highest BCUT2D eigenvalue weighted by Gasteiger charge is 2.25. The van der Waals surface area contributed by atoms with Gasteiger partial charge in [-0.25, -0.2) is 13.1 Å². The number of hydrogen-bond donors (Lipinski definition) is 2. The number of rotatable bonds is 6. The molecule has 1 aromatic rings. The lowest BCUT2D eigenvalue weighted by atomic mass is 9.81. The fourth-order valence-corrected chi connectivity index (χ4v) is 5.78. The third kappa shape index (κ3) is 4.28. The third-order valence-electron chi connectivity index (χ3n) is 4.39. The van der Waals surface area contributed by atoms with Gasteiger partial charge in [0.2, 0.25) is 10.0 Å². The molecule has 1 aromatic heterocycles. The Morgan fingerprint density at radius 2 is 2.05 bits per heavy atom. The quantitative estimate of drug-likeness (QED) is 0.843. The van der Waals surface area contributed by atoms with Gasteiger partial charge in [0, 0.05) is 22.8 Å². The topological polar surface area (TPSA) is 58.2 Å². The lowest BCUT2D eigenvalue weighted by Crippen LogP contribution is -2.33. The van der Waals surface area contributed by atoms with E-state index in [9.17, 15) is 8.42 Å². The summed E-state index contributed by atoms with van der Waals surface area (Å²) in [6.45, 7) is 5.39. The number of thiophene rings is 1. The van der Waals surface area contributed by atoms with Crippen LogP contribution in [-0.2, 0) is 16.6 Å². The van der Waals surface area contributed by atoms with Gasteiger partial charge in [-0.15, -0.1) is 11.3 Å². The van der Waals surface area contributed by atoms with Crippen molar-refractivity contribution in [1.29, 1.82) is 0 Å². The molecule has 0 aliphatic heterocycles. The standard InChI is InChI=1S/C15H26N2O2S2/c1-11-6-4-5-7-13(11)9-17-21(18,19)15-8-14(10-16-3)20-12(15)2/h8,11,13,16-17H,4-7,9-10H2,1-3H3. The summed E-state index contributed by atoms with van der Waals surface area (Å²) in [5.74, 6) is 1.09. The highest BCUT2D eigenvalue weighted by molar-refractivity contribution is 7.89. The molecule has 0 amide bonds. The normalized spacial score (nSPS) is 23.4. The maximum atomic E-state index is 12.5. The molecule has 1 saturated carbocycles. The molecule has 1 aliphatic rings. The first kappa shape index (κ1) is 16.9. The summed E-state index contributed by atoms with van der Waals surface area (Å²) < 4.78 is 27.8. The Morgan fingerprint density at radius 3 is 2.71 bits per heavy atom. The summed E-state index contributed by atoms with van der Waals surface area (Å²) in [4.78, 5) is 2.37. The molecule has 2 atom stereocenters. The SMILES string of the molecule is CNCc1cc(S(=O)(=O)NCC2CCCCC2C)c(C)s1. The fourth-order valence-electron chi connectivity index (χ4n) is 3.04. The van der Waals surface area contributed by atoms with Gasteiger partial charge in [0.15, 0.2) is 0 Å². The van der Waals surface area contributed by atoms with E-state index < -0.39 is 10.0 Å². The van der Waals surface area contributed by atoms with E-state index in [0.29, 0.717) is 29.8 Å². The summed E-state index contributed by atoms with van der Waals surface area (Å²) in [5.41, 5.74) is 0. The van der Waals surface area contributed by atoms with E-state index in [0.717, 1.165) is 16.2 Å². The zero-order valence-electron chi connectivity index (χ0n) is 13.1. The van der Waals surface area contributed by atoms with E-state index in [2.05, 4.69) is 17.0 Å². The second kappa shape index (κ2) is 7.22. The van der Waals surface area contributed by atoms with Crippen molar-refractivity contribution in [3.63, 3.8) is 0 Å². The Morgan fingerprint density at radius 1 is 1.33 bits per heavy atom. The minimum atomic E-state index is -3.38. The smallest absolute Gasteiger partial charge is 0.241 e. The van der Waals surface area contributed by atoms with Gasteiger partial charge in [0.05, 0.1) is 4.90 Å². The van der Waals surface area contributed by atoms with Crippen LogP contribution >= 0.6 is 11.3 Å². The molecule has 0 bridgehead atoms. The molecular formula is C15H26N2O2S2. The van der Waals surface area contributed by atoms with E-state index in [1.807, 2.05) is 14.0 Å². The fraction of sp³-hybridized carbons (Fsp3) is 0.733. The van der Waals surface area contributed by atoms with Gasteiger partial charge in [-0.2, -0.15) is 0 Å². The zero-order valence-corrected chi connectivity index (χ0v) is 14.7. The van der Waals surface area contributed by atoms with Gasteiger partial charge < -0.3 is 5.32 Å². The monoisotopic (exact) mass is 330 g/mol. The van der Waals surface area contributed by atoms with Crippen molar-refractivity contribution in [2.75, 3.05) is 13.6 Å². The average molecular weight is 331 g/mol. The van der Waals surface area contributed by atoms with Gasteiger partial charge in [-0.3, -0.25) is 0 Å². The number of aryl methyl sites for hydroxylation is 1. The molecule has 1 aliphatic carbocycles. The maximum absolute atomic E-state index is 12.5. The number of sulfonamides is 1. The van der Waals surface area contributed by atoms with Crippen LogP contribution in [0.1, 0.15) is 42.4 Å². The van der Waals surface area contributed by atoms with Crippen LogP contribution in [0.3, 0.4) is 0 Å². The van der Waals surface area contributed by atoms with E-state index in [1.165, 1.54) is 19.3 Å². The Hall–Kier alpha value is -0.430. The maximum Gasteiger partial charge on any atom is 0.241 e. The third-order valence-corrected chi connectivity index (χ3v) is 7.12. The van der Waals surface area contributed by atoms with E-state index in [-0.39, 0.29) is 0 Å². The molecule has 21 heavy (non-hydrogen) atoms. The summed E-state index contributed by atoms with van der Waals surface area (Å²) in [6, 6.07) is 1.79. The molecule has 0 saturated heterocycles. The van der Waals surface area contributed by atoms with Crippen molar-refractivity contribution >= 4 is 21.4 Å². The Kier molecular flexibility index (Phi) is 5.82.